The number of nitrogens with zero attached hydrogens (tertiary/aromatic N) is 3. The first-order valence-electron chi connectivity index (χ1n) is 12.5. The number of pyridine rings is 1. The maximum absolute atomic E-state index is 6.38. The van der Waals surface area contributed by atoms with Gasteiger partial charge in [-0.25, -0.2) is 0 Å². The second-order valence-electron chi connectivity index (χ2n) is 9.68. The lowest BCUT2D eigenvalue weighted by atomic mass is 9.93. The first-order valence-corrected chi connectivity index (χ1v) is 13.3. The molecule has 7 heteroatoms. The van der Waals surface area contributed by atoms with Crippen LogP contribution in [-0.4, -0.2) is 20.8 Å². The van der Waals surface area contributed by atoms with Gasteiger partial charge in [0.1, 0.15) is 5.75 Å². The highest BCUT2D eigenvalue weighted by Gasteiger charge is 2.43. The van der Waals surface area contributed by atoms with Crippen LogP contribution in [0.1, 0.15) is 54.1 Å². The number of hydrogen-bond acceptors (Lipinski definition) is 3. The van der Waals surface area contributed by atoms with Gasteiger partial charge in [0.15, 0.2) is 5.11 Å². The minimum Gasteiger partial charge on any atom is -0.491 e. The molecule has 5 rings (SSSR count). The van der Waals surface area contributed by atoms with Crippen molar-refractivity contribution in [1.29, 1.82) is 0 Å². The van der Waals surface area contributed by atoms with Crippen molar-refractivity contribution in [2.45, 2.75) is 52.8 Å². The second-order valence-corrected chi connectivity index (χ2v) is 10.5. The monoisotopic (exact) mass is 530 g/mol. The van der Waals surface area contributed by atoms with E-state index in [1.165, 1.54) is 16.8 Å². The molecule has 1 saturated heterocycles. The lowest BCUT2D eigenvalue weighted by Gasteiger charge is -2.29. The molecule has 3 heterocycles. The van der Waals surface area contributed by atoms with Crippen molar-refractivity contribution in [3.63, 3.8) is 0 Å². The van der Waals surface area contributed by atoms with Gasteiger partial charge in [-0.1, -0.05) is 23.7 Å². The Bertz CT molecular complexity index is 1430. The van der Waals surface area contributed by atoms with Crippen LogP contribution in [0.25, 0.3) is 5.69 Å². The average Bonchev–Trinajstić information content (AvgIpc) is 3.32. The van der Waals surface area contributed by atoms with Crippen LogP contribution in [0.15, 0.2) is 72.9 Å². The molecule has 0 unspecified atom stereocenters. The SMILES string of the molecule is Cc1c([C@H]2[C@@H](c3ccccn3)NC(=S)N2c2ccc(OC(C)C)cc2)c(C)n(-c2cccc(Cl)c2)c1C. The fraction of sp³-hybridized carbons (Fsp3) is 0.267. The van der Waals surface area contributed by atoms with Crippen LogP contribution < -0.4 is 15.0 Å². The molecule has 190 valence electrons. The van der Waals surface area contributed by atoms with E-state index in [9.17, 15) is 0 Å². The lowest BCUT2D eigenvalue weighted by Crippen LogP contribution is -2.29. The molecule has 2 aromatic heterocycles. The third-order valence-electron chi connectivity index (χ3n) is 6.95. The molecule has 2 aromatic carbocycles. The predicted molar refractivity (Wildman–Crippen MR) is 155 cm³/mol. The molecule has 1 aliphatic heterocycles. The normalized spacial score (nSPS) is 17.4. The van der Waals surface area contributed by atoms with E-state index in [0.29, 0.717) is 10.1 Å². The molecule has 1 aliphatic rings. The highest BCUT2D eigenvalue weighted by molar-refractivity contribution is 7.80. The first-order chi connectivity index (χ1) is 17.8. The van der Waals surface area contributed by atoms with Crippen LogP contribution in [-0.2, 0) is 0 Å². The minimum absolute atomic E-state index is 0.0987. The third-order valence-corrected chi connectivity index (χ3v) is 7.50. The molecule has 5 nitrogen and oxygen atoms in total. The predicted octanol–water partition coefficient (Wildman–Crippen LogP) is 7.42. The van der Waals surface area contributed by atoms with E-state index in [4.69, 9.17) is 33.5 Å². The highest BCUT2D eigenvalue weighted by atomic mass is 35.5. The maximum Gasteiger partial charge on any atom is 0.174 e. The van der Waals surface area contributed by atoms with Crippen LogP contribution in [0.4, 0.5) is 5.69 Å². The molecular weight excluding hydrogens is 500 g/mol. The molecule has 2 atom stereocenters. The van der Waals surface area contributed by atoms with Crippen molar-refractivity contribution in [3.05, 3.63) is 106 Å². The Morgan fingerprint density at radius 2 is 1.70 bits per heavy atom. The Hall–Kier alpha value is -3.35. The number of anilines is 1. The number of rotatable bonds is 6. The van der Waals surface area contributed by atoms with Gasteiger partial charge in [0.25, 0.3) is 0 Å². The van der Waals surface area contributed by atoms with Gasteiger partial charge in [-0.15, -0.1) is 0 Å². The zero-order chi connectivity index (χ0) is 26.3. The van der Waals surface area contributed by atoms with Gasteiger partial charge >= 0.3 is 0 Å². The van der Waals surface area contributed by atoms with Crippen molar-refractivity contribution in [2.75, 3.05) is 4.90 Å². The van der Waals surface area contributed by atoms with Crippen molar-refractivity contribution in [2.24, 2.45) is 0 Å². The quantitative estimate of drug-likeness (QED) is 0.263. The van der Waals surface area contributed by atoms with E-state index < -0.39 is 0 Å². The van der Waals surface area contributed by atoms with E-state index in [2.05, 4.69) is 59.8 Å². The van der Waals surface area contributed by atoms with E-state index in [-0.39, 0.29) is 18.2 Å². The molecule has 1 fully saturated rings. The summed E-state index contributed by atoms with van der Waals surface area (Å²) in [5.41, 5.74) is 7.77. The molecular formula is C30H31ClN4OS. The summed E-state index contributed by atoms with van der Waals surface area (Å²) < 4.78 is 8.17. The average molecular weight is 531 g/mol. The summed E-state index contributed by atoms with van der Waals surface area (Å²) in [6.07, 6.45) is 1.95. The van der Waals surface area contributed by atoms with Crippen LogP contribution >= 0.6 is 23.8 Å². The van der Waals surface area contributed by atoms with Crippen molar-refractivity contribution < 1.29 is 4.74 Å². The molecule has 4 aromatic rings. The molecule has 0 saturated carbocycles. The van der Waals surface area contributed by atoms with E-state index in [0.717, 1.165) is 28.5 Å². The maximum atomic E-state index is 6.38. The largest absolute Gasteiger partial charge is 0.491 e. The van der Waals surface area contributed by atoms with E-state index >= 15 is 0 Å². The Kier molecular flexibility index (Phi) is 6.97. The van der Waals surface area contributed by atoms with E-state index in [1.54, 1.807) is 0 Å². The van der Waals surface area contributed by atoms with Gasteiger partial charge in [0.2, 0.25) is 0 Å². The summed E-state index contributed by atoms with van der Waals surface area (Å²) in [5, 5.41) is 4.96. The van der Waals surface area contributed by atoms with Crippen molar-refractivity contribution in [3.8, 4) is 11.4 Å². The number of nitrogens with one attached hydrogen (secondary N) is 1. The van der Waals surface area contributed by atoms with Crippen LogP contribution in [0.2, 0.25) is 5.02 Å². The first kappa shape index (κ1) is 25.3. The fourth-order valence-corrected chi connectivity index (χ4v) is 5.86. The van der Waals surface area contributed by atoms with Crippen LogP contribution in [0.5, 0.6) is 5.75 Å². The van der Waals surface area contributed by atoms with Crippen molar-refractivity contribution >= 4 is 34.6 Å². The molecule has 0 bridgehead atoms. The fourth-order valence-electron chi connectivity index (χ4n) is 5.33. The Morgan fingerprint density at radius 3 is 2.35 bits per heavy atom. The molecule has 0 radical (unpaired) electrons. The number of ether oxygens (including phenoxy) is 1. The van der Waals surface area contributed by atoms with Gasteiger partial charge in [-0.3, -0.25) is 4.98 Å². The molecule has 0 aliphatic carbocycles. The standard InChI is InChI=1S/C30H31ClN4OS/c1-18(2)36-25-14-12-23(13-15-25)35-29(28(33-30(35)37)26-11-6-7-16-32-26)27-19(3)20(4)34(21(27)5)24-10-8-9-22(31)17-24/h6-18,28-29H,1-5H3,(H,33,37)/t28-,29+/m1/s1. The van der Waals surface area contributed by atoms with Gasteiger partial charge in [-0.2, -0.15) is 0 Å². The van der Waals surface area contributed by atoms with Crippen LogP contribution in [0, 0.1) is 20.8 Å². The zero-order valence-electron chi connectivity index (χ0n) is 21.7. The van der Waals surface area contributed by atoms with Gasteiger partial charge in [0.05, 0.1) is 23.9 Å². The summed E-state index contributed by atoms with van der Waals surface area (Å²) in [5.74, 6) is 0.838. The molecule has 0 amide bonds. The van der Waals surface area contributed by atoms with Gasteiger partial charge in [-0.05, 0) is 107 Å². The Labute approximate surface area is 229 Å². The Balaban J connectivity index is 1.67. The minimum atomic E-state index is -0.118. The summed E-state index contributed by atoms with van der Waals surface area (Å²) in [6, 6.07) is 21.9. The highest BCUT2D eigenvalue weighted by Crippen LogP contribution is 2.45. The summed E-state index contributed by atoms with van der Waals surface area (Å²) in [7, 11) is 0. The molecule has 0 spiro atoms. The van der Waals surface area contributed by atoms with E-state index in [1.807, 2.05) is 62.5 Å². The second kappa shape index (κ2) is 10.2. The van der Waals surface area contributed by atoms with Gasteiger partial charge < -0.3 is 19.5 Å². The number of halogens is 1. The number of benzene rings is 2. The summed E-state index contributed by atoms with van der Waals surface area (Å²) >= 11 is 12.3. The zero-order valence-corrected chi connectivity index (χ0v) is 23.3. The smallest absolute Gasteiger partial charge is 0.174 e. The number of aromatic nitrogens is 2. The third kappa shape index (κ3) is 4.72. The molecule has 1 N–H and O–H groups in total. The topological polar surface area (TPSA) is 42.3 Å². The number of hydrogen-bond donors (Lipinski definition) is 1. The van der Waals surface area contributed by atoms with Crippen molar-refractivity contribution in [1.82, 2.24) is 14.9 Å². The van der Waals surface area contributed by atoms with Gasteiger partial charge in [0, 0.05) is 39.5 Å². The Morgan fingerprint density at radius 1 is 0.946 bits per heavy atom. The number of thiocarbonyl (C=S) groups is 1. The molecule has 37 heavy (non-hydrogen) atoms. The summed E-state index contributed by atoms with van der Waals surface area (Å²) in [4.78, 5) is 6.92. The summed E-state index contributed by atoms with van der Waals surface area (Å²) in [6.45, 7) is 10.6. The van der Waals surface area contributed by atoms with Crippen LogP contribution in [0.3, 0.4) is 0 Å². The lowest BCUT2D eigenvalue weighted by molar-refractivity contribution is 0.242.